The van der Waals surface area contributed by atoms with Crippen molar-refractivity contribution in [2.45, 2.75) is 72.6 Å². The highest BCUT2D eigenvalue weighted by Gasteiger charge is 2.27. The van der Waals surface area contributed by atoms with Gasteiger partial charge in [0, 0.05) is 12.1 Å². The number of hydrogen-bond acceptors (Lipinski definition) is 10. The molecule has 0 saturated carbocycles. The van der Waals surface area contributed by atoms with E-state index in [1.165, 1.54) is 11.8 Å². The predicted molar refractivity (Wildman–Crippen MR) is 162 cm³/mol. The van der Waals surface area contributed by atoms with Crippen LogP contribution >= 0.6 is 23.1 Å². The minimum Gasteiger partial charge on any atom is -0.462 e. The monoisotopic (exact) mass is 615 g/mol. The van der Waals surface area contributed by atoms with E-state index >= 15 is 0 Å². The fraction of sp³-hybridized carbons (Fsp3) is 0.448. The number of aromatic nitrogens is 3. The van der Waals surface area contributed by atoms with E-state index in [0.717, 1.165) is 35.3 Å². The van der Waals surface area contributed by atoms with Crippen molar-refractivity contribution in [1.29, 1.82) is 0 Å². The highest BCUT2D eigenvalue weighted by molar-refractivity contribution is 7.99. The fourth-order valence-electron chi connectivity index (χ4n) is 3.98. The minimum absolute atomic E-state index is 0.0206. The average Bonchev–Trinajstić information content (AvgIpc) is 3.50. The number of benzene rings is 1. The van der Waals surface area contributed by atoms with Gasteiger partial charge in [0.2, 0.25) is 5.91 Å². The van der Waals surface area contributed by atoms with Crippen molar-refractivity contribution in [1.82, 2.24) is 20.1 Å². The molecule has 3 rings (SSSR count). The van der Waals surface area contributed by atoms with Crippen LogP contribution in [0.25, 0.3) is 0 Å². The molecule has 13 heteroatoms. The summed E-state index contributed by atoms with van der Waals surface area (Å²) in [5.41, 5.74) is 3.25. The van der Waals surface area contributed by atoms with E-state index in [4.69, 9.17) is 9.47 Å². The van der Waals surface area contributed by atoms with Crippen LogP contribution in [0.5, 0.6) is 0 Å². The molecule has 0 saturated heterocycles. The Bertz CT molecular complexity index is 1450. The Kier molecular flexibility index (Phi) is 12.1. The first-order chi connectivity index (χ1) is 20.1. The van der Waals surface area contributed by atoms with Gasteiger partial charge in [-0.1, -0.05) is 31.2 Å². The minimum atomic E-state index is -0.628. The molecule has 0 atom stereocenters. The molecule has 2 amide bonds. The van der Waals surface area contributed by atoms with Gasteiger partial charge in [0.1, 0.15) is 9.88 Å². The van der Waals surface area contributed by atoms with Crippen LogP contribution in [0.4, 0.5) is 5.00 Å². The third-order valence-corrected chi connectivity index (χ3v) is 8.53. The maximum atomic E-state index is 13.0. The third kappa shape index (κ3) is 8.19. The molecule has 2 heterocycles. The van der Waals surface area contributed by atoms with E-state index < -0.39 is 17.8 Å². The molecular formula is C29H37N5O6S2. The van der Waals surface area contributed by atoms with E-state index in [2.05, 4.69) is 27.8 Å². The Labute approximate surface area is 253 Å². The molecule has 1 aromatic carbocycles. The number of aryl methyl sites for hydroxylation is 2. The number of unbranched alkanes of at least 4 members (excludes halogenated alkanes) is 1. The van der Waals surface area contributed by atoms with Crippen LogP contribution in [0.3, 0.4) is 0 Å². The van der Waals surface area contributed by atoms with Crippen molar-refractivity contribution in [3.8, 4) is 0 Å². The van der Waals surface area contributed by atoms with Crippen LogP contribution < -0.4 is 10.6 Å². The Morgan fingerprint density at radius 1 is 0.976 bits per heavy atom. The quantitative estimate of drug-likeness (QED) is 0.188. The summed E-state index contributed by atoms with van der Waals surface area (Å²) in [4.78, 5) is 51.0. The van der Waals surface area contributed by atoms with Gasteiger partial charge in [-0.2, -0.15) is 0 Å². The standard InChI is InChI=1S/C29H37N5O6S2/c1-7-10-13-34-21(15-30-25(36)20-12-11-17(4)18(5)14-20)32-33-29(34)41-16-22(35)31-26-23(27(37)39-8-2)19(6)24(42-26)28(38)40-9-3/h11-12,14H,7-10,13,15-16H2,1-6H3,(H,30,36)(H,31,35). The largest absolute Gasteiger partial charge is 0.462 e. The van der Waals surface area contributed by atoms with Gasteiger partial charge in [-0.3, -0.25) is 9.59 Å². The summed E-state index contributed by atoms with van der Waals surface area (Å²) in [6, 6.07) is 5.56. The molecule has 0 radical (unpaired) electrons. The van der Waals surface area contributed by atoms with E-state index in [9.17, 15) is 19.2 Å². The molecule has 2 aromatic heterocycles. The summed E-state index contributed by atoms with van der Waals surface area (Å²) < 4.78 is 12.2. The Morgan fingerprint density at radius 3 is 2.36 bits per heavy atom. The number of thioether (sulfide) groups is 1. The second-order valence-corrected chi connectivity index (χ2v) is 11.4. The van der Waals surface area contributed by atoms with Gasteiger partial charge in [0.05, 0.1) is 31.1 Å². The van der Waals surface area contributed by atoms with Gasteiger partial charge < -0.3 is 24.7 Å². The maximum Gasteiger partial charge on any atom is 0.348 e. The molecule has 3 aromatic rings. The maximum absolute atomic E-state index is 13.0. The van der Waals surface area contributed by atoms with Crippen LogP contribution in [0.15, 0.2) is 23.4 Å². The molecule has 0 bridgehead atoms. The summed E-state index contributed by atoms with van der Waals surface area (Å²) >= 11 is 2.17. The number of hydrogen-bond donors (Lipinski definition) is 2. The molecule has 226 valence electrons. The van der Waals surface area contributed by atoms with Crippen molar-refractivity contribution in [2.24, 2.45) is 0 Å². The summed E-state index contributed by atoms with van der Waals surface area (Å²) in [5, 5.41) is 15.0. The van der Waals surface area contributed by atoms with E-state index in [-0.39, 0.29) is 46.9 Å². The summed E-state index contributed by atoms with van der Waals surface area (Å²) in [6.07, 6.45) is 1.80. The first kappa shape index (κ1) is 32.8. The number of anilines is 1. The highest BCUT2D eigenvalue weighted by Crippen LogP contribution is 2.34. The van der Waals surface area contributed by atoms with Gasteiger partial charge in [0.15, 0.2) is 11.0 Å². The smallest absolute Gasteiger partial charge is 0.348 e. The summed E-state index contributed by atoms with van der Waals surface area (Å²) in [5.74, 6) is -1.23. The molecule has 0 aliphatic heterocycles. The Balaban J connectivity index is 1.72. The molecule has 0 unspecified atom stereocenters. The van der Waals surface area contributed by atoms with Crippen LogP contribution in [0.1, 0.15) is 86.5 Å². The highest BCUT2D eigenvalue weighted by atomic mass is 32.2. The zero-order chi connectivity index (χ0) is 30.8. The van der Waals surface area contributed by atoms with Gasteiger partial charge in [-0.05, 0) is 69.9 Å². The van der Waals surface area contributed by atoms with Crippen LogP contribution in [0.2, 0.25) is 0 Å². The molecular weight excluding hydrogens is 578 g/mol. The number of amides is 2. The van der Waals surface area contributed by atoms with Crippen molar-refractivity contribution >= 4 is 51.9 Å². The number of rotatable bonds is 14. The lowest BCUT2D eigenvalue weighted by molar-refractivity contribution is -0.113. The molecule has 0 aliphatic rings. The number of carbonyl (C=O) groups is 4. The first-order valence-electron chi connectivity index (χ1n) is 13.8. The summed E-state index contributed by atoms with van der Waals surface area (Å²) in [7, 11) is 0. The predicted octanol–water partition coefficient (Wildman–Crippen LogP) is 5.08. The van der Waals surface area contributed by atoms with Crippen molar-refractivity contribution in [3.05, 3.63) is 56.7 Å². The Hall–Kier alpha value is -3.71. The molecule has 0 spiro atoms. The Morgan fingerprint density at radius 2 is 1.69 bits per heavy atom. The van der Waals surface area contributed by atoms with Crippen molar-refractivity contribution in [2.75, 3.05) is 24.3 Å². The van der Waals surface area contributed by atoms with E-state index in [0.29, 0.717) is 28.7 Å². The average molecular weight is 616 g/mol. The van der Waals surface area contributed by atoms with E-state index in [1.807, 2.05) is 30.5 Å². The van der Waals surface area contributed by atoms with Crippen molar-refractivity contribution < 1.29 is 28.7 Å². The lowest BCUT2D eigenvalue weighted by Crippen LogP contribution is -2.25. The summed E-state index contributed by atoms with van der Waals surface area (Å²) in [6.45, 7) is 12.2. The SMILES string of the molecule is CCCCn1c(CNC(=O)c2ccc(C)c(C)c2)nnc1SCC(=O)Nc1sc(C(=O)OCC)c(C)c1C(=O)OCC. The van der Waals surface area contributed by atoms with Crippen LogP contribution in [-0.2, 0) is 27.4 Å². The number of nitrogens with one attached hydrogen (secondary N) is 2. The number of ether oxygens (including phenoxy) is 2. The number of nitrogens with zero attached hydrogens (tertiary/aromatic N) is 3. The van der Waals surface area contributed by atoms with Gasteiger partial charge in [-0.25, -0.2) is 9.59 Å². The van der Waals surface area contributed by atoms with Crippen molar-refractivity contribution in [3.63, 3.8) is 0 Å². The number of thiophene rings is 1. The fourth-order valence-corrected chi connectivity index (χ4v) is 5.86. The van der Waals surface area contributed by atoms with Crippen LogP contribution in [-0.4, -0.2) is 57.5 Å². The zero-order valence-electron chi connectivity index (χ0n) is 24.8. The zero-order valence-corrected chi connectivity index (χ0v) is 26.4. The second-order valence-electron chi connectivity index (χ2n) is 9.42. The first-order valence-corrected chi connectivity index (χ1v) is 15.6. The molecule has 0 fully saturated rings. The molecule has 42 heavy (non-hydrogen) atoms. The van der Waals surface area contributed by atoms with E-state index in [1.54, 1.807) is 26.8 Å². The van der Waals surface area contributed by atoms with Gasteiger partial charge in [-0.15, -0.1) is 21.5 Å². The molecule has 2 N–H and O–H groups in total. The number of esters is 2. The normalized spacial score (nSPS) is 10.8. The number of carbonyl (C=O) groups excluding carboxylic acids is 4. The third-order valence-electron chi connectivity index (χ3n) is 6.38. The lowest BCUT2D eigenvalue weighted by Gasteiger charge is -2.11. The molecule has 11 nitrogen and oxygen atoms in total. The van der Waals surface area contributed by atoms with Gasteiger partial charge >= 0.3 is 11.9 Å². The van der Waals surface area contributed by atoms with Crippen LogP contribution in [0, 0.1) is 20.8 Å². The second kappa shape index (κ2) is 15.5. The topological polar surface area (TPSA) is 142 Å². The molecule has 0 aliphatic carbocycles. The lowest BCUT2D eigenvalue weighted by atomic mass is 10.1. The van der Waals surface area contributed by atoms with Gasteiger partial charge in [0.25, 0.3) is 5.91 Å².